The molecule has 0 radical (unpaired) electrons. The fourth-order valence-electron chi connectivity index (χ4n) is 4.29. The average Bonchev–Trinajstić information content (AvgIpc) is 2.71. The first kappa shape index (κ1) is 20.1. The minimum absolute atomic E-state index is 0.0251. The van der Waals surface area contributed by atoms with E-state index in [1.165, 1.54) is 18.6 Å². The summed E-state index contributed by atoms with van der Waals surface area (Å²) in [5, 5.41) is 11.2. The molecule has 152 valence electrons. The Morgan fingerprint density at radius 2 is 1.96 bits per heavy atom. The number of benzene rings is 1. The second-order valence-corrected chi connectivity index (χ2v) is 7.29. The number of amides is 1. The van der Waals surface area contributed by atoms with Crippen LogP contribution < -0.4 is 4.74 Å². The Balaban J connectivity index is 1.62. The van der Waals surface area contributed by atoms with Crippen molar-refractivity contribution in [1.82, 2.24) is 4.90 Å². The molecule has 28 heavy (non-hydrogen) atoms. The van der Waals surface area contributed by atoms with Crippen LogP contribution in [-0.2, 0) is 9.53 Å². The minimum Gasteiger partial charge on any atom is -0.487 e. The topological polar surface area (TPSA) is 99.0 Å². The molecular formula is C20H26N2O6. The monoisotopic (exact) mass is 390 g/mol. The van der Waals surface area contributed by atoms with Gasteiger partial charge in [-0.15, -0.1) is 0 Å². The Labute approximate surface area is 163 Å². The lowest BCUT2D eigenvalue weighted by Crippen LogP contribution is -2.50. The summed E-state index contributed by atoms with van der Waals surface area (Å²) in [6.45, 7) is 2.35. The lowest BCUT2D eigenvalue weighted by molar-refractivity contribution is -0.385. The molecule has 1 aliphatic carbocycles. The quantitative estimate of drug-likeness (QED) is 0.420. The van der Waals surface area contributed by atoms with Gasteiger partial charge in [0.05, 0.1) is 17.1 Å². The lowest BCUT2D eigenvalue weighted by Gasteiger charge is -2.44. The second-order valence-electron chi connectivity index (χ2n) is 7.29. The van der Waals surface area contributed by atoms with Crippen LogP contribution in [0.1, 0.15) is 55.8 Å². The summed E-state index contributed by atoms with van der Waals surface area (Å²) in [5.74, 6) is -0.296. The molecule has 0 unspecified atom stereocenters. The Morgan fingerprint density at radius 3 is 2.71 bits per heavy atom. The van der Waals surface area contributed by atoms with E-state index in [4.69, 9.17) is 9.47 Å². The Kier molecular flexibility index (Phi) is 6.49. The molecule has 0 N–H and O–H groups in total. The van der Waals surface area contributed by atoms with E-state index in [1.54, 1.807) is 6.92 Å². The fraction of sp³-hybridized carbons (Fsp3) is 0.600. The second kappa shape index (κ2) is 9.03. The number of esters is 1. The van der Waals surface area contributed by atoms with Gasteiger partial charge in [0.15, 0.2) is 12.4 Å². The molecule has 1 aliphatic heterocycles. The molecule has 2 aliphatic rings. The Bertz CT molecular complexity index is 748. The van der Waals surface area contributed by atoms with Crippen molar-refractivity contribution in [2.75, 3.05) is 19.8 Å². The van der Waals surface area contributed by atoms with Gasteiger partial charge in [-0.2, -0.15) is 0 Å². The summed E-state index contributed by atoms with van der Waals surface area (Å²) in [4.78, 5) is 37.4. The van der Waals surface area contributed by atoms with Gasteiger partial charge in [0.2, 0.25) is 0 Å². The van der Waals surface area contributed by atoms with Crippen molar-refractivity contribution in [2.45, 2.75) is 51.5 Å². The van der Waals surface area contributed by atoms with E-state index >= 15 is 0 Å². The maximum absolute atomic E-state index is 12.6. The number of carbonyl (C=O) groups is 2. The highest BCUT2D eigenvalue weighted by atomic mass is 16.6. The van der Waals surface area contributed by atoms with E-state index in [2.05, 4.69) is 0 Å². The van der Waals surface area contributed by atoms with E-state index in [0.717, 1.165) is 38.2 Å². The maximum Gasteiger partial charge on any atom is 0.338 e. The standard InChI is InChI=1S/C20H26N2O6/c1-2-27-18-10-9-15(12-17(18)22(25)26)20(24)28-13-19(23)21-11-5-7-14-6-3-4-8-16(14)21/h9-10,12,14,16H,2-8,11,13H2,1H3/t14-,16+/m0/s1. The molecule has 1 aromatic rings. The van der Waals surface area contributed by atoms with Crippen LogP contribution >= 0.6 is 0 Å². The highest BCUT2D eigenvalue weighted by molar-refractivity contribution is 5.92. The normalized spacial score (nSPS) is 21.5. The van der Waals surface area contributed by atoms with E-state index in [9.17, 15) is 19.7 Å². The molecular weight excluding hydrogens is 364 g/mol. The number of piperidine rings is 1. The van der Waals surface area contributed by atoms with Crippen LogP contribution in [0.25, 0.3) is 0 Å². The zero-order valence-electron chi connectivity index (χ0n) is 16.1. The number of nitrogens with zero attached hydrogens (tertiary/aromatic N) is 2. The van der Waals surface area contributed by atoms with E-state index in [-0.39, 0.29) is 42.2 Å². The third-order valence-electron chi connectivity index (χ3n) is 5.58. The maximum atomic E-state index is 12.6. The van der Waals surface area contributed by atoms with Gasteiger partial charge in [0.1, 0.15) is 0 Å². The van der Waals surface area contributed by atoms with Crippen molar-refractivity contribution in [2.24, 2.45) is 5.92 Å². The molecule has 0 spiro atoms. The van der Waals surface area contributed by atoms with Gasteiger partial charge in [-0.3, -0.25) is 14.9 Å². The SMILES string of the molecule is CCOc1ccc(C(=O)OCC(=O)N2CCC[C@@H]3CCCC[C@H]32)cc1[N+](=O)[O-]. The van der Waals surface area contributed by atoms with Crippen LogP contribution in [0.2, 0.25) is 0 Å². The number of nitro groups is 1. The third-order valence-corrected chi connectivity index (χ3v) is 5.58. The predicted molar refractivity (Wildman–Crippen MR) is 101 cm³/mol. The van der Waals surface area contributed by atoms with Gasteiger partial charge in [-0.25, -0.2) is 4.79 Å². The van der Waals surface area contributed by atoms with Crippen LogP contribution in [0, 0.1) is 16.0 Å². The molecule has 2 fully saturated rings. The molecule has 2 atom stereocenters. The number of hydrogen-bond donors (Lipinski definition) is 0. The van der Waals surface area contributed by atoms with Crippen LogP contribution in [0.15, 0.2) is 18.2 Å². The molecule has 1 saturated heterocycles. The van der Waals surface area contributed by atoms with Crippen molar-refractivity contribution in [3.05, 3.63) is 33.9 Å². The highest BCUT2D eigenvalue weighted by Gasteiger charge is 2.35. The molecule has 0 bridgehead atoms. The van der Waals surface area contributed by atoms with Crippen molar-refractivity contribution in [3.63, 3.8) is 0 Å². The van der Waals surface area contributed by atoms with Gasteiger partial charge in [-0.1, -0.05) is 12.8 Å². The van der Waals surface area contributed by atoms with Crippen molar-refractivity contribution < 1.29 is 24.0 Å². The number of nitro benzene ring substituents is 1. The number of ether oxygens (including phenoxy) is 2. The van der Waals surface area contributed by atoms with Gasteiger partial charge in [-0.05, 0) is 50.7 Å². The summed E-state index contributed by atoms with van der Waals surface area (Å²) in [6, 6.07) is 4.15. The molecule has 8 nitrogen and oxygen atoms in total. The molecule has 3 rings (SSSR count). The predicted octanol–water partition coefficient (Wildman–Crippen LogP) is 3.33. The van der Waals surface area contributed by atoms with Gasteiger partial charge in [0.25, 0.3) is 5.91 Å². The fourth-order valence-corrected chi connectivity index (χ4v) is 4.29. The van der Waals surface area contributed by atoms with E-state index in [1.807, 2.05) is 4.90 Å². The first-order valence-corrected chi connectivity index (χ1v) is 9.89. The zero-order valence-corrected chi connectivity index (χ0v) is 16.1. The van der Waals surface area contributed by atoms with Gasteiger partial charge >= 0.3 is 11.7 Å². The minimum atomic E-state index is -0.753. The summed E-state index contributed by atoms with van der Waals surface area (Å²) in [5.41, 5.74) is -0.277. The Morgan fingerprint density at radius 1 is 1.21 bits per heavy atom. The summed E-state index contributed by atoms with van der Waals surface area (Å²) in [6.07, 6.45) is 6.64. The molecule has 8 heteroatoms. The molecule has 0 aromatic heterocycles. The first-order chi connectivity index (χ1) is 13.5. The largest absolute Gasteiger partial charge is 0.487 e. The third kappa shape index (κ3) is 4.43. The lowest BCUT2D eigenvalue weighted by atomic mass is 9.78. The van der Waals surface area contributed by atoms with Crippen LogP contribution in [0.3, 0.4) is 0 Å². The number of likely N-dealkylation sites (tertiary alicyclic amines) is 1. The summed E-state index contributed by atoms with van der Waals surface area (Å²) < 4.78 is 10.4. The summed E-state index contributed by atoms with van der Waals surface area (Å²) in [7, 11) is 0. The van der Waals surface area contributed by atoms with E-state index in [0.29, 0.717) is 12.5 Å². The van der Waals surface area contributed by atoms with Crippen molar-refractivity contribution >= 4 is 17.6 Å². The molecule has 1 saturated carbocycles. The number of rotatable bonds is 6. The average molecular weight is 390 g/mol. The molecule has 1 amide bonds. The first-order valence-electron chi connectivity index (χ1n) is 9.89. The number of fused-ring (bicyclic) bond motifs is 1. The molecule has 1 heterocycles. The summed E-state index contributed by atoms with van der Waals surface area (Å²) >= 11 is 0. The number of hydrogen-bond acceptors (Lipinski definition) is 6. The highest BCUT2D eigenvalue weighted by Crippen LogP contribution is 2.35. The van der Waals surface area contributed by atoms with Gasteiger partial charge in [0, 0.05) is 18.7 Å². The van der Waals surface area contributed by atoms with Gasteiger partial charge < -0.3 is 14.4 Å². The zero-order chi connectivity index (χ0) is 20.1. The molecule has 1 aromatic carbocycles. The Hall–Kier alpha value is -2.64. The van der Waals surface area contributed by atoms with Crippen LogP contribution in [0.5, 0.6) is 5.75 Å². The number of carbonyl (C=O) groups excluding carboxylic acids is 2. The van der Waals surface area contributed by atoms with Crippen molar-refractivity contribution in [1.29, 1.82) is 0 Å². The van der Waals surface area contributed by atoms with Crippen LogP contribution in [0.4, 0.5) is 5.69 Å². The van der Waals surface area contributed by atoms with Crippen LogP contribution in [-0.4, -0.2) is 47.5 Å². The van der Waals surface area contributed by atoms with Crippen molar-refractivity contribution in [3.8, 4) is 5.75 Å². The van der Waals surface area contributed by atoms with E-state index < -0.39 is 10.9 Å². The smallest absolute Gasteiger partial charge is 0.338 e.